The molecular formula is C9H11NO3. The monoisotopic (exact) mass is 181 g/mol. The van der Waals surface area contributed by atoms with Crippen molar-refractivity contribution in [3.05, 3.63) is 35.4 Å². The van der Waals surface area contributed by atoms with E-state index in [4.69, 9.17) is 9.94 Å². The molecule has 0 bridgehead atoms. The molecule has 0 aromatic heterocycles. The first-order valence-electron chi connectivity index (χ1n) is 3.80. The molecule has 0 spiro atoms. The van der Waals surface area contributed by atoms with E-state index in [0.29, 0.717) is 12.2 Å². The van der Waals surface area contributed by atoms with E-state index < -0.39 is 5.91 Å². The summed E-state index contributed by atoms with van der Waals surface area (Å²) in [7, 11) is 1.58. The molecular weight excluding hydrogens is 170 g/mol. The molecule has 2 N–H and O–H groups in total. The molecule has 0 aliphatic heterocycles. The molecule has 70 valence electrons. The van der Waals surface area contributed by atoms with E-state index in [1.54, 1.807) is 30.8 Å². The van der Waals surface area contributed by atoms with Crippen LogP contribution in [0.15, 0.2) is 24.3 Å². The molecule has 0 heterocycles. The fourth-order valence-electron chi connectivity index (χ4n) is 1.03. The summed E-state index contributed by atoms with van der Waals surface area (Å²) in [5.74, 6) is -0.516. The number of rotatable bonds is 3. The quantitative estimate of drug-likeness (QED) is 0.539. The van der Waals surface area contributed by atoms with Crippen LogP contribution in [0.1, 0.15) is 15.9 Å². The van der Waals surface area contributed by atoms with Crippen LogP contribution in [0.4, 0.5) is 0 Å². The number of hydroxylamine groups is 1. The van der Waals surface area contributed by atoms with E-state index >= 15 is 0 Å². The standard InChI is InChI=1S/C9H11NO3/c1-13-6-7-3-2-4-8(5-7)9(11)10-12/h2-5,12H,6H2,1H3,(H,10,11). The van der Waals surface area contributed by atoms with Crippen molar-refractivity contribution in [3.8, 4) is 0 Å². The molecule has 0 unspecified atom stereocenters. The second-order valence-corrected chi connectivity index (χ2v) is 2.57. The summed E-state index contributed by atoms with van der Waals surface area (Å²) in [4.78, 5) is 11.0. The van der Waals surface area contributed by atoms with Crippen LogP contribution in [0, 0.1) is 0 Å². The Bertz CT molecular complexity index is 299. The van der Waals surface area contributed by atoms with Crippen LogP contribution >= 0.6 is 0 Å². The lowest BCUT2D eigenvalue weighted by Crippen LogP contribution is -2.18. The van der Waals surface area contributed by atoms with Crippen LogP contribution in [0.3, 0.4) is 0 Å². The zero-order valence-electron chi connectivity index (χ0n) is 7.28. The van der Waals surface area contributed by atoms with Crippen molar-refractivity contribution in [3.63, 3.8) is 0 Å². The van der Waals surface area contributed by atoms with Gasteiger partial charge in [-0.15, -0.1) is 0 Å². The lowest BCUT2D eigenvalue weighted by molar-refractivity contribution is 0.0706. The Labute approximate surface area is 76.1 Å². The minimum atomic E-state index is -0.516. The zero-order chi connectivity index (χ0) is 9.68. The van der Waals surface area contributed by atoms with Crippen LogP contribution in [0.5, 0.6) is 0 Å². The first-order chi connectivity index (χ1) is 6.27. The van der Waals surface area contributed by atoms with Gasteiger partial charge >= 0.3 is 0 Å². The second-order valence-electron chi connectivity index (χ2n) is 2.57. The Hall–Kier alpha value is -1.39. The van der Waals surface area contributed by atoms with Gasteiger partial charge in [-0.2, -0.15) is 0 Å². The van der Waals surface area contributed by atoms with Crippen molar-refractivity contribution in [2.45, 2.75) is 6.61 Å². The second kappa shape index (κ2) is 4.59. The van der Waals surface area contributed by atoms with E-state index in [1.165, 1.54) is 0 Å². The third-order valence-electron chi connectivity index (χ3n) is 1.60. The number of nitrogens with one attached hydrogen (secondary N) is 1. The van der Waals surface area contributed by atoms with Gasteiger partial charge in [-0.1, -0.05) is 12.1 Å². The molecule has 1 amide bonds. The lowest BCUT2D eigenvalue weighted by Gasteiger charge is -2.02. The van der Waals surface area contributed by atoms with Crippen LogP contribution in [0.25, 0.3) is 0 Å². The summed E-state index contributed by atoms with van der Waals surface area (Å²) in [5, 5.41) is 8.38. The van der Waals surface area contributed by atoms with Crippen LogP contribution in [-0.4, -0.2) is 18.2 Å². The van der Waals surface area contributed by atoms with E-state index in [9.17, 15) is 4.79 Å². The van der Waals surface area contributed by atoms with Crippen molar-refractivity contribution in [2.75, 3.05) is 7.11 Å². The summed E-state index contributed by atoms with van der Waals surface area (Å²) in [6.07, 6.45) is 0. The third kappa shape index (κ3) is 2.54. The SMILES string of the molecule is COCc1cccc(C(=O)NO)c1. The van der Waals surface area contributed by atoms with Gasteiger partial charge in [0.2, 0.25) is 0 Å². The Morgan fingerprint density at radius 1 is 1.62 bits per heavy atom. The molecule has 0 radical (unpaired) electrons. The first kappa shape index (κ1) is 9.70. The fraction of sp³-hybridized carbons (Fsp3) is 0.222. The Morgan fingerprint density at radius 2 is 2.38 bits per heavy atom. The molecule has 0 aliphatic rings. The van der Waals surface area contributed by atoms with Crippen molar-refractivity contribution >= 4 is 5.91 Å². The van der Waals surface area contributed by atoms with Crippen LogP contribution in [0.2, 0.25) is 0 Å². The summed E-state index contributed by atoms with van der Waals surface area (Å²) < 4.78 is 4.90. The number of carbonyl (C=O) groups excluding carboxylic acids is 1. The first-order valence-corrected chi connectivity index (χ1v) is 3.80. The molecule has 4 heteroatoms. The molecule has 0 fully saturated rings. The zero-order valence-corrected chi connectivity index (χ0v) is 7.28. The molecule has 0 saturated carbocycles. The summed E-state index contributed by atoms with van der Waals surface area (Å²) >= 11 is 0. The minimum absolute atomic E-state index is 0.414. The molecule has 1 aromatic carbocycles. The highest BCUT2D eigenvalue weighted by atomic mass is 16.5. The number of amides is 1. The highest BCUT2D eigenvalue weighted by Crippen LogP contribution is 2.05. The Kier molecular flexibility index (Phi) is 3.42. The molecule has 0 atom stereocenters. The normalized spacial score (nSPS) is 9.69. The van der Waals surface area contributed by atoms with Crippen molar-refractivity contribution in [1.82, 2.24) is 5.48 Å². The van der Waals surface area contributed by atoms with Gasteiger partial charge in [0.05, 0.1) is 6.61 Å². The van der Waals surface area contributed by atoms with Crippen molar-refractivity contribution in [2.24, 2.45) is 0 Å². The molecule has 1 rings (SSSR count). The summed E-state index contributed by atoms with van der Waals surface area (Å²) in [6, 6.07) is 6.86. The van der Waals surface area contributed by atoms with Gasteiger partial charge in [-0.05, 0) is 17.7 Å². The minimum Gasteiger partial charge on any atom is -0.380 e. The maximum absolute atomic E-state index is 11.0. The van der Waals surface area contributed by atoms with Gasteiger partial charge in [0.15, 0.2) is 0 Å². The number of benzene rings is 1. The molecule has 13 heavy (non-hydrogen) atoms. The van der Waals surface area contributed by atoms with E-state index in [0.717, 1.165) is 5.56 Å². The van der Waals surface area contributed by atoms with Crippen molar-refractivity contribution < 1.29 is 14.7 Å². The number of hydrogen-bond donors (Lipinski definition) is 2. The maximum Gasteiger partial charge on any atom is 0.274 e. The van der Waals surface area contributed by atoms with Gasteiger partial charge in [-0.3, -0.25) is 10.0 Å². The molecule has 1 aromatic rings. The summed E-state index contributed by atoms with van der Waals surface area (Å²) in [6.45, 7) is 0.451. The van der Waals surface area contributed by atoms with Crippen molar-refractivity contribution in [1.29, 1.82) is 0 Å². The van der Waals surface area contributed by atoms with E-state index in [-0.39, 0.29) is 0 Å². The fourth-order valence-corrected chi connectivity index (χ4v) is 1.03. The topological polar surface area (TPSA) is 58.6 Å². The number of methoxy groups -OCH3 is 1. The average molecular weight is 181 g/mol. The molecule has 4 nitrogen and oxygen atoms in total. The average Bonchev–Trinajstić information content (AvgIpc) is 2.18. The van der Waals surface area contributed by atoms with Gasteiger partial charge in [-0.25, -0.2) is 5.48 Å². The highest BCUT2D eigenvalue weighted by Gasteiger charge is 2.03. The molecule has 0 aliphatic carbocycles. The largest absolute Gasteiger partial charge is 0.380 e. The third-order valence-corrected chi connectivity index (χ3v) is 1.60. The van der Waals surface area contributed by atoms with E-state index in [1.807, 2.05) is 6.07 Å². The van der Waals surface area contributed by atoms with Gasteiger partial charge in [0.25, 0.3) is 5.91 Å². The predicted octanol–water partition coefficient (Wildman–Crippen LogP) is 0.952. The Morgan fingerprint density at radius 3 is 3.00 bits per heavy atom. The maximum atomic E-state index is 11.0. The number of carbonyl (C=O) groups is 1. The number of ether oxygens (including phenoxy) is 1. The highest BCUT2D eigenvalue weighted by molar-refractivity contribution is 5.93. The van der Waals surface area contributed by atoms with Gasteiger partial charge < -0.3 is 4.74 Å². The lowest BCUT2D eigenvalue weighted by atomic mass is 10.1. The van der Waals surface area contributed by atoms with Crippen LogP contribution in [-0.2, 0) is 11.3 Å². The molecule has 0 saturated heterocycles. The Balaban J connectivity index is 2.85. The van der Waals surface area contributed by atoms with Gasteiger partial charge in [0, 0.05) is 12.7 Å². The van der Waals surface area contributed by atoms with E-state index in [2.05, 4.69) is 0 Å². The summed E-state index contributed by atoms with van der Waals surface area (Å²) in [5.41, 5.74) is 2.88. The predicted molar refractivity (Wildman–Crippen MR) is 46.4 cm³/mol. The smallest absolute Gasteiger partial charge is 0.274 e. The number of hydrogen-bond acceptors (Lipinski definition) is 3. The van der Waals surface area contributed by atoms with Crippen LogP contribution < -0.4 is 5.48 Å². The van der Waals surface area contributed by atoms with Gasteiger partial charge in [0.1, 0.15) is 0 Å².